The first-order valence-electron chi connectivity index (χ1n) is 6.56. The van der Waals surface area contributed by atoms with Gasteiger partial charge in [0.15, 0.2) is 0 Å². The fourth-order valence-corrected chi connectivity index (χ4v) is 1.77. The normalized spacial score (nSPS) is 17.5. The molecule has 3 aliphatic carbocycles. The van der Waals surface area contributed by atoms with Gasteiger partial charge in [-0.2, -0.15) is 23.8 Å². The Labute approximate surface area is 124 Å². The number of rotatable bonds is 3. The number of hydrogen-bond acceptors (Lipinski definition) is 0. The molecule has 0 aromatic carbocycles. The summed E-state index contributed by atoms with van der Waals surface area (Å²) in [5.41, 5.74) is 12.6. The molecule has 3 rings (SSSR count). The van der Waals surface area contributed by atoms with Gasteiger partial charge in [-0.25, -0.2) is 17.4 Å². The van der Waals surface area contributed by atoms with Crippen LogP contribution in [-0.2, 0) is 0 Å². The number of hydrogen-bond donors (Lipinski definition) is 0. The Morgan fingerprint density at radius 1 is 0.905 bits per heavy atom. The van der Waals surface area contributed by atoms with Crippen LogP contribution in [0.4, 0.5) is 0 Å². The Bertz CT molecular complexity index is 871. The van der Waals surface area contributed by atoms with E-state index in [-0.39, 0.29) is 0 Å². The van der Waals surface area contributed by atoms with E-state index in [0.717, 1.165) is 22.3 Å². The monoisotopic (exact) mass is 262 g/mol. The molecule has 0 aliphatic heterocycles. The van der Waals surface area contributed by atoms with Crippen LogP contribution < -0.4 is 0 Å². The lowest BCUT2D eigenvalue weighted by Gasteiger charge is -2.06. The first-order valence-corrected chi connectivity index (χ1v) is 6.56. The molecule has 0 spiro atoms. The van der Waals surface area contributed by atoms with E-state index < -0.39 is 0 Å². The highest BCUT2D eigenvalue weighted by atomic mass is 14.0. The van der Waals surface area contributed by atoms with E-state index in [1.54, 1.807) is 0 Å². The van der Waals surface area contributed by atoms with Crippen LogP contribution in [0.25, 0.3) is 0 Å². The van der Waals surface area contributed by atoms with Gasteiger partial charge in [0.2, 0.25) is 0 Å². The molecule has 0 amide bonds. The van der Waals surface area contributed by atoms with Crippen LogP contribution in [0.2, 0.25) is 0 Å². The van der Waals surface area contributed by atoms with Crippen molar-refractivity contribution in [2.24, 2.45) is 0 Å². The van der Waals surface area contributed by atoms with Crippen LogP contribution in [0, 0.1) is 24.0 Å². The second kappa shape index (κ2) is 6.31. The average Bonchev–Trinajstić information content (AvgIpc) is 3.24. The Balaban J connectivity index is 1.87. The molecule has 21 heavy (non-hydrogen) atoms. The molecule has 0 aromatic rings. The van der Waals surface area contributed by atoms with Gasteiger partial charge in [0.1, 0.15) is 0 Å². The predicted molar refractivity (Wildman–Crippen MR) is 84.6 cm³/mol. The van der Waals surface area contributed by atoms with Gasteiger partial charge >= 0.3 is 0 Å². The molecule has 0 fully saturated rings. The van der Waals surface area contributed by atoms with Gasteiger partial charge in [0.05, 0.1) is 5.57 Å². The van der Waals surface area contributed by atoms with E-state index in [9.17, 15) is 0 Å². The molecule has 0 N–H and O–H groups in total. The van der Waals surface area contributed by atoms with Crippen molar-refractivity contribution in [1.29, 1.82) is 0 Å². The van der Waals surface area contributed by atoms with Gasteiger partial charge in [-0.05, 0) is 12.2 Å². The van der Waals surface area contributed by atoms with E-state index in [1.807, 2.05) is 60.8 Å². The zero-order chi connectivity index (χ0) is 14.3. The van der Waals surface area contributed by atoms with E-state index in [4.69, 9.17) is 0 Å². The summed E-state index contributed by atoms with van der Waals surface area (Å²) >= 11 is 0. The summed E-state index contributed by atoms with van der Waals surface area (Å²) in [7, 11) is 0. The van der Waals surface area contributed by atoms with Crippen molar-refractivity contribution < 1.29 is 0 Å². The molecule has 3 aliphatic rings. The van der Waals surface area contributed by atoms with Crippen LogP contribution in [0.5, 0.6) is 0 Å². The van der Waals surface area contributed by atoms with Crippen LogP contribution >= 0.6 is 0 Å². The Morgan fingerprint density at radius 2 is 1.62 bits per heavy atom. The largest absolute Gasteiger partial charge is 0.237 e. The molecule has 0 aromatic heterocycles. The van der Waals surface area contributed by atoms with Crippen LogP contribution in [0.1, 0.15) is 0 Å². The maximum absolute atomic E-state index is 3.23. The third kappa shape index (κ3) is 3.65. The van der Waals surface area contributed by atoms with Crippen molar-refractivity contribution in [2.45, 2.75) is 0 Å². The first-order chi connectivity index (χ1) is 10.4. The van der Waals surface area contributed by atoms with Crippen LogP contribution in [-0.4, -0.2) is 0 Å². The molecule has 0 unspecified atom stereocenters. The Morgan fingerprint density at radius 3 is 2.29 bits per heavy atom. The quantitative estimate of drug-likeness (QED) is 0.312. The molecule has 0 bridgehead atoms. The minimum absolute atomic E-state index is 0.752. The zero-order valence-electron chi connectivity index (χ0n) is 11.3. The fourth-order valence-electron chi connectivity index (χ4n) is 1.77. The van der Waals surface area contributed by atoms with Gasteiger partial charge in [-0.3, -0.25) is 0 Å². The second-order valence-corrected chi connectivity index (χ2v) is 4.33. The van der Waals surface area contributed by atoms with E-state index in [2.05, 4.69) is 41.2 Å². The molecule has 0 saturated heterocycles. The molecule has 0 heteroatoms. The Hall–Kier alpha value is -3.18. The minimum Gasteiger partial charge on any atom is -0.237 e. The summed E-state index contributed by atoms with van der Waals surface area (Å²) in [4.78, 5) is 0. The summed E-state index contributed by atoms with van der Waals surface area (Å²) in [6, 6.07) is 0. The smallest absolute Gasteiger partial charge is 0.0572 e. The van der Waals surface area contributed by atoms with E-state index in [1.165, 1.54) is 0 Å². The molecule has 0 heterocycles. The van der Waals surface area contributed by atoms with Gasteiger partial charge in [-0.15, -0.1) is 35.5 Å². The molecule has 0 saturated carbocycles. The van der Waals surface area contributed by atoms with Gasteiger partial charge in [0, 0.05) is 0 Å². The third-order valence-electron chi connectivity index (χ3n) is 2.77. The summed E-state index contributed by atoms with van der Waals surface area (Å²) in [6.45, 7) is 0. The number of allylic oxidation sites excluding steroid dienone is 13. The van der Waals surface area contributed by atoms with Gasteiger partial charge in [-0.1, -0.05) is 29.9 Å². The SMILES string of the molecule is C1=CC=CC=1C#CC(=[C-]C1=C=CC=C1)C=[C-]C1=C=CC=C1. The lowest BCUT2D eigenvalue weighted by molar-refractivity contribution is 1.58. The lowest BCUT2D eigenvalue weighted by Crippen LogP contribution is -1.79. The third-order valence-corrected chi connectivity index (χ3v) is 2.77. The van der Waals surface area contributed by atoms with Crippen molar-refractivity contribution in [3.05, 3.63) is 112 Å². The van der Waals surface area contributed by atoms with Crippen molar-refractivity contribution in [3.8, 4) is 11.8 Å². The van der Waals surface area contributed by atoms with Crippen LogP contribution in [0.3, 0.4) is 0 Å². The summed E-state index contributed by atoms with van der Waals surface area (Å²) in [5.74, 6) is 6.16. The first kappa shape index (κ1) is 12.8. The van der Waals surface area contributed by atoms with E-state index >= 15 is 0 Å². The molecule has 96 valence electrons. The maximum atomic E-state index is 3.23. The highest BCUT2D eigenvalue weighted by Crippen LogP contribution is 2.10. The van der Waals surface area contributed by atoms with Crippen LogP contribution in [0.15, 0.2) is 100 Å². The Kier molecular flexibility index (Phi) is 3.86. The van der Waals surface area contributed by atoms with Crippen molar-refractivity contribution >= 4 is 0 Å². The molecular formula is C21H10-2. The molecule has 0 radical (unpaired) electrons. The highest BCUT2D eigenvalue weighted by molar-refractivity contribution is 5.51. The highest BCUT2D eigenvalue weighted by Gasteiger charge is 1.85. The summed E-state index contributed by atoms with van der Waals surface area (Å²) in [5, 5.41) is 0. The molecular weight excluding hydrogens is 252 g/mol. The summed E-state index contributed by atoms with van der Waals surface area (Å²) in [6.07, 6.45) is 25.4. The van der Waals surface area contributed by atoms with E-state index in [0.29, 0.717) is 0 Å². The predicted octanol–water partition coefficient (Wildman–Crippen LogP) is 4.03. The maximum Gasteiger partial charge on any atom is 0.0572 e. The molecule has 0 nitrogen and oxygen atoms in total. The van der Waals surface area contributed by atoms with Gasteiger partial charge < -0.3 is 0 Å². The van der Waals surface area contributed by atoms with Crippen molar-refractivity contribution in [3.63, 3.8) is 0 Å². The summed E-state index contributed by atoms with van der Waals surface area (Å²) < 4.78 is 0. The fraction of sp³-hybridized carbons (Fsp3) is 0. The molecule has 0 atom stereocenters. The topological polar surface area (TPSA) is 0 Å². The van der Waals surface area contributed by atoms with Crippen molar-refractivity contribution in [2.75, 3.05) is 0 Å². The zero-order valence-corrected chi connectivity index (χ0v) is 11.3. The van der Waals surface area contributed by atoms with Gasteiger partial charge in [0.25, 0.3) is 0 Å². The lowest BCUT2D eigenvalue weighted by atomic mass is 10.1. The average molecular weight is 262 g/mol. The van der Waals surface area contributed by atoms with Crippen molar-refractivity contribution in [1.82, 2.24) is 0 Å². The standard InChI is InChI=1S/C21H10/c1-2-8-18(7-1)13-15-21(17-20-11-5-6-12-20)16-14-19-9-3-4-10-19/h1-7,9,11,15H/q-2. The minimum atomic E-state index is 0.752. The second-order valence-electron chi connectivity index (χ2n) is 4.33.